The predicted molar refractivity (Wildman–Crippen MR) is 98.9 cm³/mol. The van der Waals surface area contributed by atoms with Crippen molar-refractivity contribution in [3.8, 4) is 11.8 Å². The number of aromatic nitrogens is 2. The Morgan fingerprint density at radius 2 is 1.85 bits per heavy atom. The minimum atomic E-state index is -0.175. The second-order valence-corrected chi connectivity index (χ2v) is 6.58. The van der Waals surface area contributed by atoms with E-state index in [-0.39, 0.29) is 18.1 Å². The van der Waals surface area contributed by atoms with E-state index >= 15 is 0 Å². The van der Waals surface area contributed by atoms with Crippen molar-refractivity contribution in [2.24, 2.45) is 0 Å². The topological polar surface area (TPSA) is 86.5 Å². The third-order valence-corrected chi connectivity index (χ3v) is 4.76. The molecule has 0 spiro atoms. The highest BCUT2D eigenvalue weighted by molar-refractivity contribution is 5.96. The van der Waals surface area contributed by atoms with Crippen LogP contribution in [0, 0.1) is 0 Å². The van der Waals surface area contributed by atoms with Crippen molar-refractivity contribution in [1.82, 2.24) is 15.3 Å². The van der Waals surface area contributed by atoms with Crippen LogP contribution in [0.5, 0.6) is 11.8 Å². The molecule has 140 valence electrons. The number of amides is 1. The van der Waals surface area contributed by atoms with Gasteiger partial charge in [0.15, 0.2) is 5.76 Å². The molecule has 0 radical (unpaired) electrons. The van der Waals surface area contributed by atoms with Gasteiger partial charge in [-0.25, -0.2) is 9.97 Å². The number of fused-ring (bicyclic) bond motifs is 1. The average molecular weight is 367 g/mol. The highest BCUT2D eigenvalue weighted by Gasteiger charge is 2.26. The SMILES string of the molecule is COc1nccnc1OC1CCC(NC(=O)c2cc3ccccc3o2)CC1. The summed E-state index contributed by atoms with van der Waals surface area (Å²) in [6.07, 6.45) is 6.50. The van der Waals surface area contributed by atoms with Crippen LogP contribution in [0.2, 0.25) is 0 Å². The maximum absolute atomic E-state index is 12.5. The number of para-hydroxylation sites is 1. The van der Waals surface area contributed by atoms with E-state index in [0.29, 0.717) is 17.5 Å². The van der Waals surface area contributed by atoms with Gasteiger partial charge in [-0.1, -0.05) is 18.2 Å². The van der Waals surface area contributed by atoms with Gasteiger partial charge in [-0.15, -0.1) is 0 Å². The number of nitrogens with one attached hydrogen (secondary N) is 1. The largest absolute Gasteiger partial charge is 0.477 e. The maximum Gasteiger partial charge on any atom is 0.287 e. The lowest BCUT2D eigenvalue weighted by molar-refractivity contribution is 0.0862. The van der Waals surface area contributed by atoms with Crippen LogP contribution in [-0.2, 0) is 0 Å². The van der Waals surface area contributed by atoms with Crippen LogP contribution in [-0.4, -0.2) is 35.1 Å². The van der Waals surface area contributed by atoms with Crippen LogP contribution >= 0.6 is 0 Å². The highest BCUT2D eigenvalue weighted by Crippen LogP contribution is 2.27. The number of methoxy groups -OCH3 is 1. The molecule has 0 atom stereocenters. The summed E-state index contributed by atoms with van der Waals surface area (Å²) in [4.78, 5) is 20.7. The Bertz CT molecular complexity index is 899. The molecule has 1 amide bonds. The first kappa shape index (κ1) is 17.3. The second kappa shape index (κ2) is 7.65. The van der Waals surface area contributed by atoms with Crippen LogP contribution in [0.3, 0.4) is 0 Å². The lowest BCUT2D eigenvalue weighted by atomic mass is 9.93. The number of furan rings is 1. The summed E-state index contributed by atoms with van der Waals surface area (Å²) in [5, 5.41) is 3.99. The third-order valence-electron chi connectivity index (χ3n) is 4.76. The number of hydrogen-bond donors (Lipinski definition) is 1. The molecule has 4 rings (SSSR count). The van der Waals surface area contributed by atoms with E-state index in [4.69, 9.17) is 13.9 Å². The van der Waals surface area contributed by atoms with Crippen molar-refractivity contribution in [3.05, 3.63) is 48.5 Å². The lowest BCUT2D eigenvalue weighted by Crippen LogP contribution is -2.39. The Balaban J connectivity index is 1.32. The van der Waals surface area contributed by atoms with Gasteiger partial charge < -0.3 is 19.2 Å². The van der Waals surface area contributed by atoms with E-state index in [1.807, 2.05) is 24.3 Å². The fourth-order valence-corrected chi connectivity index (χ4v) is 3.37. The maximum atomic E-state index is 12.5. The van der Waals surface area contributed by atoms with Gasteiger partial charge in [0.25, 0.3) is 17.7 Å². The van der Waals surface area contributed by atoms with E-state index in [1.165, 1.54) is 0 Å². The van der Waals surface area contributed by atoms with Gasteiger partial charge in [0.1, 0.15) is 11.7 Å². The van der Waals surface area contributed by atoms with E-state index in [1.54, 1.807) is 25.6 Å². The zero-order chi connectivity index (χ0) is 18.6. The van der Waals surface area contributed by atoms with E-state index in [0.717, 1.165) is 36.7 Å². The second-order valence-electron chi connectivity index (χ2n) is 6.58. The van der Waals surface area contributed by atoms with Crippen molar-refractivity contribution >= 4 is 16.9 Å². The summed E-state index contributed by atoms with van der Waals surface area (Å²) in [5.74, 6) is 0.970. The molecule has 1 aromatic carbocycles. The average Bonchev–Trinajstić information content (AvgIpc) is 3.14. The van der Waals surface area contributed by atoms with Gasteiger partial charge in [-0.05, 0) is 37.8 Å². The van der Waals surface area contributed by atoms with Gasteiger partial charge in [-0.3, -0.25) is 4.79 Å². The van der Waals surface area contributed by atoms with Crippen molar-refractivity contribution in [2.45, 2.75) is 37.8 Å². The zero-order valence-corrected chi connectivity index (χ0v) is 15.1. The molecule has 1 saturated carbocycles. The molecule has 2 heterocycles. The molecule has 3 aromatic rings. The Kier molecular flexibility index (Phi) is 4.91. The van der Waals surface area contributed by atoms with Crippen molar-refractivity contribution in [2.75, 3.05) is 7.11 Å². The smallest absolute Gasteiger partial charge is 0.287 e. The molecule has 1 aliphatic rings. The first-order chi connectivity index (χ1) is 13.2. The monoisotopic (exact) mass is 367 g/mol. The van der Waals surface area contributed by atoms with Gasteiger partial charge >= 0.3 is 0 Å². The molecule has 27 heavy (non-hydrogen) atoms. The van der Waals surface area contributed by atoms with Crippen LogP contribution in [0.4, 0.5) is 0 Å². The summed E-state index contributed by atoms with van der Waals surface area (Å²) in [6.45, 7) is 0. The first-order valence-electron chi connectivity index (χ1n) is 9.04. The van der Waals surface area contributed by atoms with E-state index in [9.17, 15) is 4.79 Å². The van der Waals surface area contributed by atoms with Gasteiger partial charge in [0, 0.05) is 23.8 Å². The molecule has 1 aliphatic carbocycles. The molecule has 0 saturated heterocycles. The fraction of sp³-hybridized carbons (Fsp3) is 0.350. The van der Waals surface area contributed by atoms with Gasteiger partial charge in [0.2, 0.25) is 0 Å². The molecule has 0 unspecified atom stereocenters. The fourth-order valence-electron chi connectivity index (χ4n) is 3.37. The number of ether oxygens (including phenoxy) is 2. The minimum absolute atomic E-state index is 0.0370. The molecule has 1 fully saturated rings. The number of benzene rings is 1. The molecule has 2 aromatic heterocycles. The van der Waals surface area contributed by atoms with Crippen LogP contribution in [0.25, 0.3) is 11.0 Å². The summed E-state index contributed by atoms with van der Waals surface area (Å²) < 4.78 is 16.7. The number of nitrogens with zero attached hydrogens (tertiary/aromatic N) is 2. The standard InChI is InChI=1S/C20H21N3O4/c1-25-19-20(22-11-10-21-19)26-15-8-6-14(7-9-15)23-18(24)17-12-13-4-2-3-5-16(13)27-17/h2-5,10-12,14-15H,6-9H2,1H3,(H,23,24). The molecular formula is C20H21N3O4. The van der Waals surface area contributed by atoms with Crippen LogP contribution in [0.1, 0.15) is 36.2 Å². The number of rotatable bonds is 5. The Labute approximate surface area is 156 Å². The molecular weight excluding hydrogens is 346 g/mol. The molecule has 0 bridgehead atoms. The highest BCUT2D eigenvalue weighted by atomic mass is 16.5. The summed E-state index contributed by atoms with van der Waals surface area (Å²) >= 11 is 0. The Hall–Kier alpha value is -3.09. The molecule has 0 aliphatic heterocycles. The zero-order valence-electron chi connectivity index (χ0n) is 15.1. The molecule has 1 N–H and O–H groups in total. The van der Waals surface area contributed by atoms with Crippen molar-refractivity contribution in [3.63, 3.8) is 0 Å². The van der Waals surface area contributed by atoms with Crippen LogP contribution in [0.15, 0.2) is 47.1 Å². The lowest BCUT2D eigenvalue weighted by Gasteiger charge is -2.29. The summed E-state index contributed by atoms with van der Waals surface area (Å²) in [7, 11) is 1.54. The Morgan fingerprint density at radius 1 is 1.11 bits per heavy atom. The minimum Gasteiger partial charge on any atom is -0.477 e. The quantitative estimate of drug-likeness (QED) is 0.744. The third kappa shape index (κ3) is 3.86. The van der Waals surface area contributed by atoms with E-state index in [2.05, 4.69) is 15.3 Å². The molecule has 7 heteroatoms. The number of hydrogen-bond acceptors (Lipinski definition) is 6. The van der Waals surface area contributed by atoms with Crippen LogP contribution < -0.4 is 14.8 Å². The number of carbonyl (C=O) groups excluding carboxylic acids is 1. The summed E-state index contributed by atoms with van der Waals surface area (Å²) in [6, 6.07) is 9.48. The summed E-state index contributed by atoms with van der Waals surface area (Å²) in [5.41, 5.74) is 0.720. The van der Waals surface area contributed by atoms with Gasteiger partial charge in [0.05, 0.1) is 7.11 Å². The van der Waals surface area contributed by atoms with Crippen molar-refractivity contribution in [1.29, 1.82) is 0 Å². The Morgan fingerprint density at radius 3 is 2.59 bits per heavy atom. The predicted octanol–water partition coefficient (Wildman–Crippen LogP) is 3.35. The van der Waals surface area contributed by atoms with E-state index < -0.39 is 0 Å². The first-order valence-corrected chi connectivity index (χ1v) is 9.04. The van der Waals surface area contributed by atoms with Gasteiger partial charge in [-0.2, -0.15) is 0 Å². The van der Waals surface area contributed by atoms with Crippen molar-refractivity contribution < 1.29 is 18.7 Å². The normalized spacial score (nSPS) is 19.6. The number of carbonyl (C=O) groups is 1. The molecule has 7 nitrogen and oxygen atoms in total.